The van der Waals surface area contributed by atoms with E-state index in [1.807, 2.05) is 17.5 Å². The number of aryl methyl sites for hydroxylation is 1. The summed E-state index contributed by atoms with van der Waals surface area (Å²) in [5.41, 5.74) is 6.44. The molecule has 0 bridgehead atoms. The molecule has 3 rings (SSSR count). The van der Waals surface area contributed by atoms with Crippen LogP contribution in [0.15, 0.2) is 59.0 Å². The minimum Gasteiger partial charge on any atom is -0.253 e. The largest absolute Gasteiger partial charge is 0.253 e. The second-order valence-corrected chi connectivity index (χ2v) is 5.65. The third-order valence-corrected chi connectivity index (χ3v) is 3.87. The summed E-state index contributed by atoms with van der Waals surface area (Å²) in [7, 11) is 0. The van der Waals surface area contributed by atoms with Gasteiger partial charge in [-0.3, -0.25) is 5.43 Å². The zero-order valence-electron chi connectivity index (χ0n) is 12.0. The van der Waals surface area contributed by atoms with Crippen molar-refractivity contribution < 1.29 is 4.39 Å². The Balaban J connectivity index is 1.70. The zero-order chi connectivity index (χ0) is 15.4. The highest BCUT2D eigenvalue weighted by atomic mass is 32.1. The highest BCUT2D eigenvalue weighted by Gasteiger charge is 2.03. The second kappa shape index (κ2) is 6.49. The molecule has 5 heteroatoms. The van der Waals surface area contributed by atoms with Gasteiger partial charge >= 0.3 is 0 Å². The van der Waals surface area contributed by atoms with Gasteiger partial charge in [0.15, 0.2) is 0 Å². The first-order valence-corrected chi connectivity index (χ1v) is 7.66. The van der Waals surface area contributed by atoms with Gasteiger partial charge in [0.2, 0.25) is 5.13 Å². The van der Waals surface area contributed by atoms with Gasteiger partial charge in [-0.25, -0.2) is 9.37 Å². The number of hydrogen-bond donors (Lipinski definition) is 1. The Hall–Kier alpha value is -2.53. The third-order valence-electron chi connectivity index (χ3n) is 3.12. The lowest BCUT2D eigenvalue weighted by Crippen LogP contribution is -1.92. The number of rotatable bonds is 4. The maximum atomic E-state index is 13.4. The average molecular weight is 311 g/mol. The van der Waals surface area contributed by atoms with Gasteiger partial charge in [-0.1, -0.05) is 48.0 Å². The fourth-order valence-electron chi connectivity index (χ4n) is 1.92. The minimum atomic E-state index is -0.299. The van der Waals surface area contributed by atoms with E-state index in [0.717, 1.165) is 11.3 Å². The molecular formula is C17H14FN3S. The summed E-state index contributed by atoms with van der Waals surface area (Å²) in [6.45, 7) is 2.05. The maximum absolute atomic E-state index is 13.4. The quantitative estimate of drug-likeness (QED) is 0.560. The number of nitrogens with zero attached hydrogens (tertiary/aromatic N) is 2. The van der Waals surface area contributed by atoms with E-state index in [4.69, 9.17) is 0 Å². The molecule has 0 radical (unpaired) electrons. The highest BCUT2D eigenvalue weighted by Crippen LogP contribution is 2.25. The topological polar surface area (TPSA) is 37.3 Å². The van der Waals surface area contributed by atoms with Crippen LogP contribution in [0.2, 0.25) is 0 Å². The first kappa shape index (κ1) is 14.4. The van der Waals surface area contributed by atoms with Crippen LogP contribution in [0, 0.1) is 12.7 Å². The fourth-order valence-corrected chi connectivity index (χ4v) is 2.59. The summed E-state index contributed by atoms with van der Waals surface area (Å²) in [4.78, 5) is 4.46. The average Bonchev–Trinajstić information content (AvgIpc) is 2.99. The molecular weight excluding hydrogens is 297 g/mol. The van der Waals surface area contributed by atoms with E-state index >= 15 is 0 Å². The standard InChI is InChI=1S/C17H14FN3S/c1-12-6-8-13(9-7-12)16-11-22-17(20-16)21-19-10-14-4-2-3-5-15(14)18/h2-11H,1H3,(H,20,21)/b19-10-. The molecule has 0 amide bonds. The van der Waals surface area contributed by atoms with Crippen molar-refractivity contribution in [2.24, 2.45) is 5.10 Å². The van der Waals surface area contributed by atoms with Gasteiger partial charge in [0.25, 0.3) is 0 Å². The summed E-state index contributed by atoms with van der Waals surface area (Å²) in [5.74, 6) is -0.299. The molecule has 0 atom stereocenters. The van der Waals surface area contributed by atoms with Crippen molar-refractivity contribution in [2.45, 2.75) is 6.92 Å². The summed E-state index contributed by atoms with van der Waals surface area (Å²) in [5, 5.41) is 6.66. The van der Waals surface area contributed by atoms with Crippen LogP contribution in [-0.2, 0) is 0 Å². The minimum absolute atomic E-state index is 0.299. The van der Waals surface area contributed by atoms with Gasteiger partial charge in [-0.2, -0.15) is 5.10 Å². The molecule has 0 unspecified atom stereocenters. The van der Waals surface area contributed by atoms with Gasteiger partial charge in [0.1, 0.15) is 5.82 Å². The summed E-state index contributed by atoms with van der Waals surface area (Å²) >= 11 is 1.46. The van der Waals surface area contributed by atoms with E-state index in [9.17, 15) is 4.39 Å². The lowest BCUT2D eigenvalue weighted by molar-refractivity contribution is 0.626. The molecule has 1 N–H and O–H groups in total. The van der Waals surface area contributed by atoms with Crippen molar-refractivity contribution in [3.05, 3.63) is 70.9 Å². The van der Waals surface area contributed by atoms with E-state index in [2.05, 4.69) is 34.6 Å². The Kier molecular flexibility index (Phi) is 4.25. The molecule has 110 valence electrons. The van der Waals surface area contributed by atoms with Crippen LogP contribution in [0.5, 0.6) is 0 Å². The highest BCUT2D eigenvalue weighted by molar-refractivity contribution is 7.14. The lowest BCUT2D eigenvalue weighted by Gasteiger charge is -1.97. The Labute approximate surface area is 132 Å². The predicted octanol–water partition coefficient (Wildman–Crippen LogP) is 4.70. The molecule has 0 spiro atoms. The Morgan fingerprint density at radius 1 is 1.14 bits per heavy atom. The van der Waals surface area contributed by atoms with Crippen LogP contribution in [0.4, 0.5) is 9.52 Å². The van der Waals surface area contributed by atoms with Crippen molar-refractivity contribution in [1.82, 2.24) is 4.98 Å². The van der Waals surface area contributed by atoms with Crippen LogP contribution in [-0.4, -0.2) is 11.2 Å². The maximum Gasteiger partial charge on any atom is 0.203 e. The molecule has 0 aliphatic rings. The summed E-state index contributed by atoms with van der Waals surface area (Å²) in [6.07, 6.45) is 1.45. The van der Waals surface area contributed by atoms with Gasteiger partial charge in [-0.05, 0) is 13.0 Å². The van der Waals surface area contributed by atoms with E-state index in [-0.39, 0.29) is 5.82 Å². The molecule has 3 nitrogen and oxygen atoms in total. The molecule has 0 saturated carbocycles. The first-order valence-electron chi connectivity index (χ1n) is 6.78. The monoisotopic (exact) mass is 311 g/mol. The molecule has 2 aromatic carbocycles. The van der Waals surface area contributed by atoms with Crippen LogP contribution >= 0.6 is 11.3 Å². The number of thiazole rings is 1. The zero-order valence-corrected chi connectivity index (χ0v) is 12.8. The lowest BCUT2D eigenvalue weighted by atomic mass is 10.1. The second-order valence-electron chi connectivity index (χ2n) is 4.80. The number of aromatic nitrogens is 1. The van der Waals surface area contributed by atoms with Gasteiger partial charge in [-0.15, -0.1) is 11.3 Å². The third kappa shape index (κ3) is 3.38. The number of hydrazone groups is 1. The molecule has 1 aromatic heterocycles. The van der Waals surface area contributed by atoms with Gasteiger partial charge < -0.3 is 0 Å². The molecule has 22 heavy (non-hydrogen) atoms. The van der Waals surface area contributed by atoms with E-state index in [1.165, 1.54) is 29.2 Å². The predicted molar refractivity (Wildman–Crippen MR) is 89.9 cm³/mol. The Morgan fingerprint density at radius 2 is 1.91 bits per heavy atom. The fraction of sp³-hybridized carbons (Fsp3) is 0.0588. The van der Waals surface area contributed by atoms with Crippen LogP contribution in [0.25, 0.3) is 11.3 Å². The normalized spacial score (nSPS) is 11.0. The smallest absolute Gasteiger partial charge is 0.203 e. The number of anilines is 1. The summed E-state index contributed by atoms with van der Waals surface area (Å²) in [6, 6.07) is 14.7. The van der Waals surface area contributed by atoms with E-state index in [0.29, 0.717) is 10.7 Å². The number of benzene rings is 2. The Bertz CT molecular complexity index is 794. The van der Waals surface area contributed by atoms with Crippen LogP contribution in [0.3, 0.4) is 0 Å². The van der Waals surface area contributed by atoms with Crippen molar-refractivity contribution in [3.8, 4) is 11.3 Å². The first-order chi connectivity index (χ1) is 10.7. The molecule has 1 heterocycles. The van der Waals surface area contributed by atoms with Crippen LogP contribution in [0.1, 0.15) is 11.1 Å². The van der Waals surface area contributed by atoms with Crippen molar-refractivity contribution in [3.63, 3.8) is 0 Å². The number of halogens is 1. The van der Waals surface area contributed by atoms with Gasteiger partial charge in [0.05, 0.1) is 11.9 Å². The van der Waals surface area contributed by atoms with E-state index in [1.54, 1.807) is 18.2 Å². The molecule has 0 fully saturated rings. The van der Waals surface area contributed by atoms with Crippen LogP contribution < -0.4 is 5.43 Å². The molecule has 0 saturated heterocycles. The number of nitrogens with one attached hydrogen (secondary N) is 1. The van der Waals surface area contributed by atoms with Crippen molar-refractivity contribution >= 4 is 22.7 Å². The SMILES string of the molecule is Cc1ccc(-c2csc(N/N=C\c3ccccc3F)n2)cc1. The summed E-state index contributed by atoms with van der Waals surface area (Å²) < 4.78 is 13.4. The van der Waals surface area contributed by atoms with E-state index < -0.39 is 0 Å². The van der Waals surface area contributed by atoms with Crippen molar-refractivity contribution in [2.75, 3.05) is 5.43 Å². The molecule has 3 aromatic rings. The van der Waals surface area contributed by atoms with Crippen molar-refractivity contribution in [1.29, 1.82) is 0 Å². The molecule has 0 aliphatic carbocycles. The number of hydrogen-bond acceptors (Lipinski definition) is 4. The van der Waals surface area contributed by atoms with Gasteiger partial charge in [0, 0.05) is 16.5 Å². The molecule has 0 aliphatic heterocycles. The Morgan fingerprint density at radius 3 is 2.68 bits per heavy atom.